The second-order valence-electron chi connectivity index (χ2n) is 15.2. The van der Waals surface area contributed by atoms with Crippen LogP contribution in [0.25, 0.3) is 0 Å². The normalized spacial score (nSPS) is 26.7. The monoisotopic (exact) mass is 620 g/mol. The highest BCUT2D eigenvalue weighted by molar-refractivity contribution is 7.60. The van der Waals surface area contributed by atoms with Crippen molar-refractivity contribution in [3.63, 3.8) is 0 Å². The van der Waals surface area contributed by atoms with Crippen LogP contribution in [0.5, 0.6) is 0 Å². The Balaban J connectivity index is 0.000000171. The van der Waals surface area contributed by atoms with Crippen LogP contribution in [0.4, 0.5) is 0 Å². The van der Waals surface area contributed by atoms with Gasteiger partial charge in [-0.1, -0.05) is 131 Å². The maximum atomic E-state index is 9.00. The first-order valence-corrected chi connectivity index (χ1v) is 22.5. The molecule has 6 aliphatic rings. The zero-order chi connectivity index (χ0) is 29.4. The maximum absolute atomic E-state index is 9.00. The molecule has 0 aromatic carbocycles. The molecule has 2 nitrogen and oxygen atoms in total. The molecule has 6 aliphatic carbocycles. The smallest absolute Gasteiger partial charge is 0.300 e. The molecule has 0 aromatic heterocycles. The van der Waals surface area contributed by atoms with Gasteiger partial charge in [-0.25, -0.2) is 0 Å². The number of carbonyl (C=O) groups is 1. The fourth-order valence-electron chi connectivity index (χ4n) is 10.1. The summed E-state index contributed by atoms with van der Waals surface area (Å²) in [4.78, 5) is 9.00. The first-order valence-electron chi connectivity index (χ1n) is 19.4. The summed E-state index contributed by atoms with van der Waals surface area (Å²) in [6.45, 7) is 1.08. The predicted molar refractivity (Wildman–Crippen MR) is 188 cm³/mol. The van der Waals surface area contributed by atoms with Crippen LogP contribution in [0.3, 0.4) is 0 Å². The van der Waals surface area contributed by atoms with Gasteiger partial charge in [0.15, 0.2) is 0 Å². The van der Waals surface area contributed by atoms with E-state index in [1.54, 1.807) is 154 Å². The molecule has 0 bridgehead atoms. The molecule has 0 unspecified atom stereocenters. The van der Waals surface area contributed by atoms with Gasteiger partial charge in [-0.15, -0.1) is 0 Å². The van der Waals surface area contributed by atoms with Crippen molar-refractivity contribution in [1.82, 2.24) is 0 Å². The quantitative estimate of drug-likeness (QED) is 0.300. The van der Waals surface area contributed by atoms with E-state index < -0.39 is 5.97 Å². The van der Waals surface area contributed by atoms with Crippen molar-refractivity contribution in [2.75, 3.05) is 0 Å². The molecule has 6 saturated carbocycles. The molecule has 4 heteroatoms. The molecule has 0 amide bonds. The largest absolute Gasteiger partial charge is 0.481 e. The van der Waals surface area contributed by atoms with Gasteiger partial charge in [-0.3, -0.25) is 4.79 Å². The lowest BCUT2D eigenvalue weighted by atomic mass is 9.99. The third-order valence-electron chi connectivity index (χ3n) is 12.0. The van der Waals surface area contributed by atoms with Crippen molar-refractivity contribution < 1.29 is 9.90 Å². The molecule has 0 spiro atoms. The Kier molecular flexibility index (Phi) is 17.1. The molecule has 6 fully saturated rings. The molecule has 1 N–H and O–H groups in total. The molecule has 0 heterocycles. The summed E-state index contributed by atoms with van der Waals surface area (Å²) in [5.74, 6) is -0.833. The first kappa shape index (κ1) is 35.2. The number of rotatable bonds is 6. The molecule has 0 aromatic rings. The fraction of sp³-hybridized carbons (Fsp3) is 0.974. The van der Waals surface area contributed by atoms with E-state index in [0.29, 0.717) is 15.8 Å². The fourth-order valence-corrected chi connectivity index (χ4v) is 19.4. The molecule has 0 atom stereocenters. The Hall–Kier alpha value is 0.330. The van der Waals surface area contributed by atoms with E-state index in [-0.39, 0.29) is 0 Å². The number of carboxylic acids is 1. The molecule has 0 saturated heterocycles. The van der Waals surface area contributed by atoms with Crippen molar-refractivity contribution in [3.8, 4) is 0 Å². The zero-order valence-electron chi connectivity index (χ0n) is 27.9. The average molecular weight is 621 g/mol. The minimum atomic E-state index is -0.833. The van der Waals surface area contributed by atoms with Crippen LogP contribution in [-0.4, -0.2) is 45.0 Å². The molecule has 6 rings (SSSR count). The Morgan fingerprint density at radius 3 is 0.595 bits per heavy atom. The van der Waals surface area contributed by atoms with Crippen LogP contribution < -0.4 is 0 Å². The average Bonchev–Trinajstić information content (AvgIpc) is 3.05. The third-order valence-corrected chi connectivity index (χ3v) is 20.1. The second-order valence-corrected chi connectivity index (χ2v) is 21.3. The Bertz CT molecular complexity index is 548. The van der Waals surface area contributed by atoms with Crippen molar-refractivity contribution >= 4 is 21.8 Å². The zero-order valence-corrected chi connectivity index (χ0v) is 29.7. The van der Waals surface area contributed by atoms with Gasteiger partial charge in [0, 0.05) is 6.92 Å². The van der Waals surface area contributed by atoms with E-state index in [4.69, 9.17) is 9.90 Å². The Labute approximate surface area is 264 Å². The van der Waals surface area contributed by atoms with Crippen molar-refractivity contribution in [2.45, 2.75) is 234 Å². The van der Waals surface area contributed by atoms with Gasteiger partial charge in [0.25, 0.3) is 5.97 Å². The SMILES string of the molecule is C1CCC(P(C2CCCCC2)C2CCCCC2)CC1.C1CCC(P(C2CCCCC2)C2CCCCC2)CC1.CC(=O)O. The molecule has 244 valence electrons. The van der Waals surface area contributed by atoms with E-state index in [1.165, 1.54) is 72.5 Å². The molecule has 0 radical (unpaired) electrons. The summed E-state index contributed by atoms with van der Waals surface area (Å²) >= 11 is 0. The topological polar surface area (TPSA) is 37.3 Å². The molecular weight excluding hydrogens is 550 g/mol. The number of carboxylic acid groups (broad SMARTS) is 1. The summed E-state index contributed by atoms with van der Waals surface area (Å²) in [5, 5.41) is 7.42. The maximum Gasteiger partial charge on any atom is 0.300 e. The lowest BCUT2D eigenvalue weighted by Crippen LogP contribution is -2.28. The van der Waals surface area contributed by atoms with E-state index in [9.17, 15) is 0 Å². The second kappa shape index (κ2) is 20.5. The summed E-state index contributed by atoms with van der Waals surface area (Å²) in [6.07, 6.45) is 47.2. The van der Waals surface area contributed by atoms with Gasteiger partial charge in [0.1, 0.15) is 0 Å². The lowest BCUT2D eigenvalue weighted by Gasteiger charge is -2.44. The third kappa shape index (κ3) is 11.9. The van der Waals surface area contributed by atoms with Crippen LogP contribution in [0.2, 0.25) is 0 Å². The standard InChI is InChI=1S/2C18H33P.C2H4O2/c2*1-4-10-16(11-5-1)19(17-12-6-2-7-13-17)18-14-8-3-9-15-18;1-2(3)4/h2*16-18H,1-15H2;1H3,(H,3,4). The van der Waals surface area contributed by atoms with Crippen molar-refractivity contribution in [1.29, 1.82) is 0 Å². The Morgan fingerprint density at radius 1 is 0.357 bits per heavy atom. The Morgan fingerprint density at radius 2 is 0.476 bits per heavy atom. The number of hydrogen-bond donors (Lipinski definition) is 1. The predicted octanol–water partition coefficient (Wildman–Crippen LogP) is 13.0. The van der Waals surface area contributed by atoms with Crippen LogP contribution in [0.1, 0.15) is 200 Å². The highest BCUT2D eigenvalue weighted by Crippen LogP contribution is 2.63. The van der Waals surface area contributed by atoms with Gasteiger partial charge < -0.3 is 5.11 Å². The van der Waals surface area contributed by atoms with Gasteiger partial charge >= 0.3 is 0 Å². The van der Waals surface area contributed by atoms with Crippen molar-refractivity contribution in [3.05, 3.63) is 0 Å². The minimum Gasteiger partial charge on any atom is -0.481 e. The van der Waals surface area contributed by atoms with Crippen LogP contribution in [-0.2, 0) is 4.79 Å². The van der Waals surface area contributed by atoms with E-state index >= 15 is 0 Å². The summed E-state index contributed by atoms with van der Waals surface area (Å²) in [5.41, 5.74) is 7.14. The summed E-state index contributed by atoms with van der Waals surface area (Å²) < 4.78 is 0. The van der Waals surface area contributed by atoms with Crippen LogP contribution >= 0.6 is 15.8 Å². The highest BCUT2D eigenvalue weighted by atomic mass is 31.1. The highest BCUT2D eigenvalue weighted by Gasteiger charge is 2.37. The number of hydrogen-bond acceptors (Lipinski definition) is 1. The van der Waals surface area contributed by atoms with Gasteiger partial charge in [0.05, 0.1) is 0 Å². The minimum absolute atomic E-state index is 0.385. The van der Waals surface area contributed by atoms with Crippen LogP contribution in [0, 0.1) is 0 Å². The molecule has 42 heavy (non-hydrogen) atoms. The van der Waals surface area contributed by atoms with Gasteiger partial charge in [0.2, 0.25) is 0 Å². The summed E-state index contributed by atoms with van der Waals surface area (Å²) in [7, 11) is 0.770. The summed E-state index contributed by atoms with van der Waals surface area (Å²) in [6, 6.07) is 0. The first-order chi connectivity index (χ1) is 20.6. The van der Waals surface area contributed by atoms with E-state index in [2.05, 4.69) is 0 Å². The molecule has 0 aliphatic heterocycles. The molecular formula is C38H70O2P2. The lowest BCUT2D eigenvalue weighted by molar-refractivity contribution is -0.134. The van der Waals surface area contributed by atoms with Crippen LogP contribution in [0.15, 0.2) is 0 Å². The van der Waals surface area contributed by atoms with Crippen molar-refractivity contribution in [2.24, 2.45) is 0 Å². The van der Waals surface area contributed by atoms with E-state index in [0.717, 1.165) is 6.92 Å². The number of aliphatic carboxylic acids is 1. The van der Waals surface area contributed by atoms with Gasteiger partial charge in [-0.05, 0) is 111 Å². The van der Waals surface area contributed by atoms with Gasteiger partial charge in [-0.2, -0.15) is 0 Å². The van der Waals surface area contributed by atoms with E-state index in [1.807, 2.05) is 0 Å².